The van der Waals surface area contributed by atoms with Crippen LogP contribution < -0.4 is 5.32 Å². The second-order valence-electron chi connectivity index (χ2n) is 5.67. The van der Waals surface area contributed by atoms with Gasteiger partial charge in [-0.2, -0.15) is 0 Å². The smallest absolute Gasteiger partial charge is 0.270 e. The Morgan fingerprint density at radius 3 is 2.73 bits per heavy atom. The highest BCUT2D eigenvalue weighted by atomic mass is 16.6. The van der Waals surface area contributed by atoms with Gasteiger partial charge in [0.2, 0.25) is 0 Å². The number of aliphatic hydroxyl groups excluding tert-OH is 1. The van der Waals surface area contributed by atoms with Crippen molar-refractivity contribution in [1.29, 1.82) is 0 Å². The second kappa shape index (κ2) is 5.76. The Balaban J connectivity index is 1.81. The molecule has 1 aromatic carbocycles. The van der Waals surface area contributed by atoms with E-state index in [1.807, 2.05) is 0 Å². The number of rotatable bonds is 3. The highest BCUT2D eigenvalue weighted by molar-refractivity contribution is 6.07. The van der Waals surface area contributed by atoms with Crippen LogP contribution >= 0.6 is 0 Å². The molecule has 116 valence electrons. The number of non-ortho nitro benzene ring substituents is 1. The van der Waals surface area contributed by atoms with E-state index in [4.69, 9.17) is 0 Å². The molecular formula is C15H17N3O4. The zero-order chi connectivity index (χ0) is 15.7. The number of amides is 1. The number of nitro groups is 1. The van der Waals surface area contributed by atoms with Crippen LogP contribution in [-0.4, -0.2) is 33.1 Å². The van der Waals surface area contributed by atoms with Crippen LogP contribution in [0.5, 0.6) is 0 Å². The molecule has 1 saturated carbocycles. The number of nitro benzene ring substituents is 1. The first kappa shape index (κ1) is 14.5. The van der Waals surface area contributed by atoms with Gasteiger partial charge in [-0.3, -0.25) is 14.9 Å². The molecule has 0 aliphatic heterocycles. The van der Waals surface area contributed by atoms with Crippen LogP contribution in [0.2, 0.25) is 0 Å². The number of aromatic amines is 1. The Kier molecular flexibility index (Phi) is 3.81. The SMILES string of the molecule is O=C(NC1CCC(O)CC1)c1c[nH]c2ccc([N+](=O)[O-])cc12. The molecule has 22 heavy (non-hydrogen) atoms. The molecule has 1 aliphatic rings. The molecule has 0 atom stereocenters. The van der Waals surface area contributed by atoms with Crippen molar-refractivity contribution in [2.45, 2.75) is 37.8 Å². The summed E-state index contributed by atoms with van der Waals surface area (Å²) in [5.41, 5.74) is 1.06. The van der Waals surface area contributed by atoms with Crippen molar-refractivity contribution in [3.63, 3.8) is 0 Å². The van der Waals surface area contributed by atoms with Crippen molar-refractivity contribution >= 4 is 22.5 Å². The number of aromatic nitrogens is 1. The number of hydrogen-bond donors (Lipinski definition) is 3. The number of hydrogen-bond acceptors (Lipinski definition) is 4. The largest absolute Gasteiger partial charge is 0.393 e. The van der Waals surface area contributed by atoms with Crippen molar-refractivity contribution in [2.24, 2.45) is 0 Å². The summed E-state index contributed by atoms with van der Waals surface area (Å²) in [4.78, 5) is 25.7. The number of aliphatic hydroxyl groups is 1. The average molecular weight is 303 g/mol. The number of nitrogens with one attached hydrogen (secondary N) is 2. The van der Waals surface area contributed by atoms with Gasteiger partial charge in [-0.15, -0.1) is 0 Å². The minimum atomic E-state index is -0.476. The topological polar surface area (TPSA) is 108 Å². The number of carbonyl (C=O) groups is 1. The molecule has 0 saturated heterocycles. The molecule has 7 nitrogen and oxygen atoms in total. The minimum absolute atomic E-state index is 0.0399. The van der Waals surface area contributed by atoms with E-state index in [9.17, 15) is 20.0 Å². The maximum Gasteiger partial charge on any atom is 0.270 e. The van der Waals surface area contributed by atoms with Gasteiger partial charge in [0.25, 0.3) is 11.6 Å². The van der Waals surface area contributed by atoms with E-state index >= 15 is 0 Å². The number of carbonyl (C=O) groups excluding carboxylic acids is 1. The van der Waals surface area contributed by atoms with Crippen LogP contribution in [0.1, 0.15) is 36.0 Å². The Bertz CT molecular complexity index is 717. The third-order valence-electron chi connectivity index (χ3n) is 4.15. The van der Waals surface area contributed by atoms with E-state index in [0.29, 0.717) is 29.3 Å². The average Bonchev–Trinajstić information content (AvgIpc) is 2.92. The standard InChI is InChI=1S/C15H17N3O4/c19-11-4-1-9(2-5-11)17-15(20)13-8-16-14-6-3-10(18(21)22)7-12(13)14/h3,6-9,11,16,19H,1-2,4-5H2,(H,17,20). The molecule has 0 unspecified atom stereocenters. The van der Waals surface area contributed by atoms with Crippen molar-refractivity contribution in [3.05, 3.63) is 40.1 Å². The van der Waals surface area contributed by atoms with Crippen LogP contribution in [0.3, 0.4) is 0 Å². The lowest BCUT2D eigenvalue weighted by atomic mass is 9.93. The molecule has 1 aliphatic carbocycles. The number of nitrogens with zero attached hydrogens (tertiary/aromatic N) is 1. The highest BCUT2D eigenvalue weighted by Crippen LogP contribution is 2.24. The molecule has 1 heterocycles. The van der Waals surface area contributed by atoms with E-state index in [-0.39, 0.29) is 23.7 Å². The Labute approximate surface area is 126 Å². The fourth-order valence-electron chi connectivity index (χ4n) is 2.89. The predicted molar refractivity (Wildman–Crippen MR) is 80.7 cm³/mol. The van der Waals surface area contributed by atoms with E-state index in [1.54, 1.807) is 12.3 Å². The van der Waals surface area contributed by atoms with Crippen LogP contribution in [0, 0.1) is 10.1 Å². The molecule has 2 aromatic rings. The molecule has 1 amide bonds. The molecule has 1 aromatic heterocycles. The number of fused-ring (bicyclic) bond motifs is 1. The van der Waals surface area contributed by atoms with Gasteiger partial charge in [0.05, 0.1) is 16.6 Å². The van der Waals surface area contributed by atoms with E-state index in [1.165, 1.54) is 12.1 Å². The lowest BCUT2D eigenvalue weighted by molar-refractivity contribution is -0.384. The molecular weight excluding hydrogens is 286 g/mol. The predicted octanol–water partition coefficient (Wildman–Crippen LogP) is 2.11. The summed E-state index contributed by atoms with van der Waals surface area (Å²) in [7, 11) is 0. The first-order valence-corrected chi connectivity index (χ1v) is 7.29. The highest BCUT2D eigenvalue weighted by Gasteiger charge is 2.22. The summed E-state index contributed by atoms with van der Waals surface area (Å²) < 4.78 is 0. The molecule has 3 rings (SSSR count). The molecule has 0 spiro atoms. The van der Waals surface area contributed by atoms with Gasteiger partial charge in [-0.05, 0) is 31.7 Å². The molecule has 1 fully saturated rings. The molecule has 7 heteroatoms. The summed E-state index contributed by atoms with van der Waals surface area (Å²) in [5, 5.41) is 23.8. The quantitative estimate of drug-likeness (QED) is 0.596. The van der Waals surface area contributed by atoms with Crippen LogP contribution in [0.25, 0.3) is 10.9 Å². The van der Waals surface area contributed by atoms with Crippen LogP contribution in [0.4, 0.5) is 5.69 Å². The Morgan fingerprint density at radius 2 is 2.05 bits per heavy atom. The monoisotopic (exact) mass is 303 g/mol. The summed E-state index contributed by atoms with van der Waals surface area (Å²) in [6.45, 7) is 0. The number of benzene rings is 1. The van der Waals surface area contributed by atoms with E-state index in [2.05, 4.69) is 10.3 Å². The van der Waals surface area contributed by atoms with Gasteiger partial charge in [0, 0.05) is 35.3 Å². The van der Waals surface area contributed by atoms with E-state index in [0.717, 1.165) is 12.8 Å². The summed E-state index contributed by atoms with van der Waals surface area (Å²) >= 11 is 0. The maximum atomic E-state index is 12.4. The molecule has 0 bridgehead atoms. The fourth-order valence-corrected chi connectivity index (χ4v) is 2.89. The second-order valence-corrected chi connectivity index (χ2v) is 5.67. The molecule has 3 N–H and O–H groups in total. The van der Waals surface area contributed by atoms with Gasteiger partial charge in [0.1, 0.15) is 0 Å². The Hall–Kier alpha value is -2.41. The van der Waals surface area contributed by atoms with E-state index < -0.39 is 4.92 Å². The number of H-pyrrole nitrogens is 1. The van der Waals surface area contributed by atoms with Gasteiger partial charge >= 0.3 is 0 Å². The van der Waals surface area contributed by atoms with Crippen LogP contribution in [0.15, 0.2) is 24.4 Å². The van der Waals surface area contributed by atoms with Gasteiger partial charge in [-0.25, -0.2) is 0 Å². The third kappa shape index (κ3) is 2.80. The normalized spacial score (nSPS) is 21.7. The first-order chi connectivity index (χ1) is 10.5. The lowest BCUT2D eigenvalue weighted by Gasteiger charge is -2.26. The minimum Gasteiger partial charge on any atom is -0.393 e. The van der Waals surface area contributed by atoms with Crippen molar-refractivity contribution < 1.29 is 14.8 Å². The zero-order valence-corrected chi connectivity index (χ0v) is 11.9. The fraction of sp³-hybridized carbons (Fsp3) is 0.400. The third-order valence-corrected chi connectivity index (χ3v) is 4.15. The first-order valence-electron chi connectivity index (χ1n) is 7.29. The Morgan fingerprint density at radius 1 is 1.32 bits per heavy atom. The van der Waals surface area contributed by atoms with Crippen molar-refractivity contribution in [1.82, 2.24) is 10.3 Å². The summed E-state index contributed by atoms with van der Waals surface area (Å²) in [6, 6.07) is 4.45. The maximum absolute atomic E-state index is 12.4. The van der Waals surface area contributed by atoms with Crippen LogP contribution in [-0.2, 0) is 0 Å². The summed E-state index contributed by atoms with van der Waals surface area (Å²) in [5.74, 6) is -0.242. The van der Waals surface area contributed by atoms with Gasteiger partial charge in [0.15, 0.2) is 0 Å². The molecule has 0 radical (unpaired) electrons. The van der Waals surface area contributed by atoms with Crippen molar-refractivity contribution in [2.75, 3.05) is 0 Å². The van der Waals surface area contributed by atoms with Gasteiger partial charge < -0.3 is 15.4 Å². The zero-order valence-electron chi connectivity index (χ0n) is 11.9. The lowest BCUT2D eigenvalue weighted by Crippen LogP contribution is -2.38. The van der Waals surface area contributed by atoms with Crippen molar-refractivity contribution in [3.8, 4) is 0 Å². The summed E-state index contributed by atoms with van der Waals surface area (Å²) in [6.07, 6.45) is 4.16. The van der Waals surface area contributed by atoms with Gasteiger partial charge in [-0.1, -0.05) is 0 Å².